The summed E-state index contributed by atoms with van der Waals surface area (Å²) in [5.74, 6) is 1.20. The van der Waals surface area contributed by atoms with Gasteiger partial charge in [0.15, 0.2) is 0 Å². The molecule has 0 heterocycles. The first-order valence-corrected chi connectivity index (χ1v) is 8.01. The van der Waals surface area contributed by atoms with Gasteiger partial charge in [-0.25, -0.2) is 0 Å². The van der Waals surface area contributed by atoms with Gasteiger partial charge in [0.2, 0.25) is 0 Å². The molecule has 0 amide bonds. The average Bonchev–Trinajstić information content (AvgIpc) is 2.34. The Hall–Kier alpha value is -0.250. The molecular formula is C15H24BrClN2. The Labute approximate surface area is 130 Å². The zero-order chi connectivity index (χ0) is 14.4. The molecule has 4 heteroatoms. The fourth-order valence-corrected chi connectivity index (χ4v) is 2.80. The van der Waals surface area contributed by atoms with Crippen LogP contribution in [0.25, 0.3) is 0 Å². The number of nitrogens with zero attached hydrogens (tertiary/aromatic N) is 2. The van der Waals surface area contributed by atoms with Gasteiger partial charge in [-0.3, -0.25) is 0 Å². The number of anilines is 1. The maximum absolute atomic E-state index is 5.88. The van der Waals surface area contributed by atoms with E-state index in [1.165, 1.54) is 5.69 Å². The third-order valence-electron chi connectivity index (χ3n) is 2.91. The van der Waals surface area contributed by atoms with E-state index in [0.717, 1.165) is 29.7 Å². The van der Waals surface area contributed by atoms with Crippen molar-refractivity contribution >= 4 is 33.2 Å². The fraction of sp³-hybridized carbons (Fsp3) is 0.600. The Balaban J connectivity index is 2.89. The van der Waals surface area contributed by atoms with Crippen LogP contribution in [0.4, 0.5) is 5.69 Å². The second-order valence-corrected chi connectivity index (χ2v) is 6.68. The molecular weight excluding hydrogens is 324 g/mol. The number of rotatable bonds is 7. The molecule has 0 aliphatic carbocycles. The second kappa shape index (κ2) is 8.13. The van der Waals surface area contributed by atoms with E-state index >= 15 is 0 Å². The summed E-state index contributed by atoms with van der Waals surface area (Å²) in [5.41, 5.74) is 2.40. The number of halogens is 2. The van der Waals surface area contributed by atoms with Gasteiger partial charge in [-0.05, 0) is 53.6 Å². The summed E-state index contributed by atoms with van der Waals surface area (Å²) >= 11 is 9.55. The summed E-state index contributed by atoms with van der Waals surface area (Å²) in [4.78, 5) is 4.65. The number of hydrogen-bond donors (Lipinski definition) is 0. The first kappa shape index (κ1) is 16.8. The van der Waals surface area contributed by atoms with Crippen molar-refractivity contribution in [3.63, 3.8) is 0 Å². The molecule has 0 aliphatic rings. The third kappa shape index (κ3) is 5.72. The van der Waals surface area contributed by atoms with Gasteiger partial charge in [-0.1, -0.05) is 19.9 Å². The molecule has 0 atom stereocenters. The molecule has 0 N–H and O–H groups in total. The lowest BCUT2D eigenvalue weighted by Crippen LogP contribution is -2.34. The monoisotopic (exact) mass is 346 g/mol. The summed E-state index contributed by atoms with van der Waals surface area (Å²) in [7, 11) is 4.22. The van der Waals surface area contributed by atoms with E-state index in [0.29, 0.717) is 11.8 Å². The van der Waals surface area contributed by atoms with Crippen molar-refractivity contribution in [2.75, 3.05) is 38.6 Å². The fourth-order valence-electron chi connectivity index (χ4n) is 1.96. The maximum Gasteiger partial charge on any atom is 0.0511 e. The topological polar surface area (TPSA) is 6.48 Å². The van der Waals surface area contributed by atoms with Crippen LogP contribution in [0.3, 0.4) is 0 Å². The summed E-state index contributed by atoms with van der Waals surface area (Å²) in [6, 6.07) is 6.39. The van der Waals surface area contributed by atoms with Crippen LogP contribution < -0.4 is 4.90 Å². The van der Waals surface area contributed by atoms with Crippen molar-refractivity contribution in [2.24, 2.45) is 5.92 Å². The van der Waals surface area contributed by atoms with Gasteiger partial charge in [0.05, 0.1) is 5.69 Å². The Morgan fingerprint density at radius 1 is 1.21 bits per heavy atom. The van der Waals surface area contributed by atoms with Crippen LogP contribution in [-0.2, 0) is 5.88 Å². The van der Waals surface area contributed by atoms with Gasteiger partial charge in [0.1, 0.15) is 0 Å². The normalized spacial score (nSPS) is 11.4. The van der Waals surface area contributed by atoms with E-state index in [1.807, 2.05) is 0 Å². The molecule has 2 nitrogen and oxygen atoms in total. The number of alkyl halides is 1. The molecule has 1 aromatic carbocycles. The van der Waals surface area contributed by atoms with Crippen molar-refractivity contribution in [3.05, 3.63) is 28.2 Å². The van der Waals surface area contributed by atoms with Crippen molar-refractivity contribution in [1.29, 1.82) is 0 Å². The Kier molecular flexibility index (Phi) is 7.19. The lowest BCUT2D eigenvalue weighted by Gasteiger charge is -2.29. The van der Waals surface area contributed by atoms with Gasteiger partial charge >= 0.3 is 0 Å². The predicted molar refractivity (Wildman–Crippen MR) is 89.3 cm³/mol. The Bertz CT molecular complexity index is 394. The highest BCUT2D eigenvalue weighted by Crippen LogP contribution is 2.28. The first-order valence-electron chi connectivity index (χ1n) is 6.68. The molecule has 1 aromatic rings. The van der Waals surface area contributed by atoms with Crippen LogP contribution in [0.15, 0.2) is 22.7 Å². The van der Waals surface area contributed by atoms with Crippen molar-refractivity contribution in [2.45, 2.75) is 19.7 Å². The van der Waals surface area contributed by atoms with E-state index in [2.05, 4.69) is 71.9 Å². The smallest absolute Gasteiger partial charge is 0.0511 e. The average molecular weight is 348 g/mol. The van der Waals surface area contributed by atoms with Crippen LogP contribution in [-0.4, -0.2) is 38.6 Å². The van der Waals surface area contributed by atoms with Gasteiger partial charge in [-0.15, -0.1) is 11.6 Å². The lowest BCUT2D eigenvalue weighted by molar-refractivity contribution is 0.409. The molecule has 19 heavy (non-hydrogen) atoms. The zero-order valence-corrected chi connectivity index (χ0v) is 14.6. The standard InChI is InChI=1S/C15H24BrClN2/c1-12(2)11-19(8-7-18(3)4)15-6-5-13(10-17)9-14(15)16/h5-6,9,12H,7-8,10-11H2,1-4H3. The minimum Gasteiger partial charge on any atom is -0.369 e. The second-order valence-electron chi connectivity index (χ2n) is 5.56. The van der Waals surface area contributed by atoms with Crippen LogP contribution in [0.2, 0.25) is 0 Å². The summed E-state index contributed by atoms with van der Waals surface area (Å²) < 4.78 is 1.13. The molecule has 0 spiro atoms. The van der Waals surface area contributed by atoms with E-state index in [-0.39, 0.29) is 0 Å². The van der Waals surface area contributed by atoms with Gasteiger partial charge in [0.25, 0.3) is 0 Å². The molecule has 1 rings (SSSR count). The van der Waals surface area contributed by atoms with Crippen molar-refractivity contribution in [3.8, 4) is 0 Å². The highest BCUT2D eigenvalue weighted by molar-refractivity contribution is 9.10. The number of likely N-dealkylation sites (N-methyl/N-ethyl adjacent to an activating group) is 1. The van der Waals surface area contributed by atoms with Gasteiger partial charge in [-0.2, -0.15) is 0 Å². The predicted octanol–water partition coefficient (Wildman–Crippen LogP) is 4.21. The van der Waals surface area contributed by atoms with Crippen molar-refractivity contribution < 1.29 is 0 Å². The molecule has 0 saturated heterocycles. The highest BCUT2D eigenvalue weighted by Gasteiger charge is 2.12. The van der Waals surface area contributed by atoms with Crippen LogP contribution >= 0.6 is 27.5 Å². The minimum absolute atomic E-state index is 0.556. The molecule has 0 radical (unpaired) electrons. The van der Waals surface area contributed by atoms with Crippen molar-refractivity contribution in [1.82, 2.24) is 4.90 Å². The van der Waals surface area contributed by atoms with E-state index < -0.39 is 0 Å². The molecule has 0 fully saturated rings. The molecule has 0 bridgehead atoms. The molecule has 0 aliphatic heterocycles. The molecule has 0 unspecified atom stereocenters. The number of benzene rings is 1. The molecule has 0 aromatic heterocycles. The third-order valence-corrected chi connectivity index (χ3v) is 3.85. The van der Waals surface area contributed by atoms with Crippen LogP contribution in [0.1, 0.15) is 19.4 Å². The Morgan fingerprint density at radius 2 is 1.89 bits per heavy atom. The lowest BCUT2D eigenvalue weighted by atomic mass is 10.1. The summed E-state index contributed by atoms with van der Waals surface area (Å²) in [6.07, 6.45) is 0. The van der Waals surface area contributed by atoms with E-state index in [1.54, 1.807) is 0 Å². The quantitative estimate of drug-likeness (QED) is 0.682. The summed E-state index contributed by atoms with van der Waals surface area (Å²) in [5, 5.41) is 0. The Morgan fingerprint density at radius 3 is 2.37 bits per heavy atom. The minimum atomic E-state index is 0.556. The largest absolute Gasteiger partial charge is 0.369 e. The van der Waals surface area contributed by atoms with Gasteiger partial charge in [0, 0.05) is 30.0 Å². The van der Waals surface area contributed by atoms with Crippen LogP contribution in [0, 0.1) is 5.92 Å². The van der Waals surface area contributed by atoms with Crippen LogP contribution in [0.5, 0.6) is 0 Å². The molecule has 0 saturated carbocycles. The van der Waals surface area contributed by atoms with E-state index in [4.69, 9.17) is 11.6 Å². The first-order chi connectivity index (χ1) is 8.93. The summed E-state index contributed by atoms with van der Waals surface area (Å²) in [6.45, 7) is 7.65. The SMILES string of the molecule is CC(C)CN(CCN(C)C)c1ccc(CCl)cc1Br. The maximum atomic E-state index is 5.88. The van der Waals surface area contributed by atoms with Gasteiger partial charge < -0.3 is 9.80 Å². The zero-order valence-electron chi connectivity index (χ0n) is 12.3. The number of hydrogen-bond acceptors (Lipinski definition) is 2. The molecule has 108 valence electrons. The van der Waals surface area contributed by atoms with E-state index in [9.17, 15) is 0 Å². The highest BCUT2D eigenvalue weighted by atomic mass is 79.9.